The Morgan fingerprint density at radius 1 is 1.08 bits per heavy atom. The first kappa shape index (κ1) is 15.7. The number of benzene rings is 1. The lowest BCUT2D eigenvalue weighted by Crippen LogP contribution is -2.19. The van der Waals surface area contributed by atoms with Crippen LogP contribution in [0, 0.1) is 6.92 Å². The Bertz CT molecular complexity index is 944. The number of aromatic nitrogens is 2. The van der Waals surface area contributed by atoms with Gasteiger partial charge in [-0.05, 0) is 31.2 Å². The molecule has 0 unspecified atom stereocenters. The van der Waals surface area contributed by atoms with E-state index in [1.54, 1.807) is 15.4 Å². The molecular formula is C18H17N3O3. The molecule has 0 radical (unpaired) electrons. The first-order valence-corrected chi connectivity index (χ1v) is 7.43. The van der Waals surface area contributed by atoms with Crippen LogP contribution in [0.2, 0.25) is 0 Å². The summed E-state index contributed by atoms with van der Waals surface area (Å²) in [6.07, 6.45) is 4.48. The van der Waals surface area contributed by atoms with Gasteiger partial charge in [0, 0.05) is 13.1 Å². The van der Waals surface area contributed by atoms with Gasteiger partial charge >= 0.3 is 0 Å². The summed E-state index contributed by atoms with van der Waals surface area (Å²) in [6, 6.07) is 9.36. The largest absolute Gasteiger partial charge is 0.493 e. The Hall–Kier alpha value is -3.15. The van der Waals surface area contributed by atoms with Crippen LogP contribution in [0.5, 0.6) is 0 Å². The SMILES string of the molecule is COC1=CC(=Nc2c(C)n(C)n(-c3ccccc3)c2=O)C=CC1=O. The molecule has 6 nitrogen and oxygen atoms in total. The maximum atomic E-state index is 12.8. The quantitative estimate of drug-likeness (QED) is 0.814. The number of nitrogens with zero attached hydrogens (tertiary/aromatic N) is 3. The third-order valence-corrected chi connectivity index (χ3v) is 3.91. The van der Waals surface area contributed by atoms with Crippen molar-refractivity contribution in [2.24, 2.45) is 12.0 Å². The van der Waals surface area contributed by atoms with Crippen LogP contribution in [0.1, 0.15) is 5.69 Å². The number of aliphatic imine (C=N–C) groups is 1. The summed E-state index contributed by atoms with van der Waals surface area (Å²) in [6.45, 7) is 1.83. The molecule has 0 N–H and O–H groups in total. The molecule has 0 aliphatic heterocycles. The van der Waals surface area contributed by atoms with Gasteiger partial charge in [0.25, 0.3) is 5.56 Å². The summed E-state index contributed by atoms with van der Waals surface area (Å²) in [5, 5.41) is 0. The van der Waals surface area contributed by atoms with Gasteiger partial charge in [0.15, 0.2) is 11.4 Å². The number of ketones is 1. The number of methoxy groups -OCH3 is 1. The lowest BCUT2D eigenvalue weighted by atomic mass is 10.1. The highest BCUT2D eigenvalue weighted by molar-refractivity contribution is 6.18. The van der Waals surface area contributed by atoms with Gasteiger partial charge in [0.1, 0.15) is 0 Å². The zero-order valence-corrected chi connectivity index (χ0v) is 13.7. The van der Waals surface area contributed by atoms with E-state index in [-0.39, 0.29) is 17.1 Å². The van der Waals surface area contributed by atoms with Gasteiger partial charge in [0.05, 0.1) is 24.2 Å². The van der Waals surface area contributed by atoms with Gasteiger partial charge in [-0.25, -0.2) is 9.67 Å². The number of hydrogen-bond acceptors (Lipinski definition) is 4. The lowest BCUT2D eigenvalue weighted by Gasteiger charge is -2.07. The molecule has 1 aromatic carbocycles. The molecule has 1 aliphatic rings. The van der Waals surface area contributed by atoms with Gasteiger partial charge in [-0.15, -0.1) is 0 Å². The molecule has 0 fully saturated rings. The van der Waals surface area contributed by atoms with E-state index in [1.807, 2.05) is 44.3 Å². The van der Waals surface area contributed by atoms with Crippen LogP contribution >= 0.6 is 0 Å². The Labute approximate surface area is 139 Å². The summed E-state index contributed by atoms with van der Waals surface area (Å²) in [5.74, 6) is -0.0175. The smallest absolute Gasteiger partial charge is 0.297 e. The molecule has 122 valence electrons. The molecule has 3 rings (SSSR count). The van der Waals surface area contributed by atoms with Crippen LogP contribution in [0.15, 0.2) is 64.1 Å². The minimum absolute atomic E-state index is 0.202. The van der Waals surface area contributed by atoms with Crippen LogP contribution in [-0.2, 0) is 16.6 Å². The Kier molecular flexibility index (Phi) is 4.04. The van der Waals surface area contributed by atoms with Crippen molar-refractivity contribution in [1.82, 2.24) is 9.36 Å². The first-order valence-electron chi connectivity index (χ1n) is 7.43. The predicted octanol–water partition coefficient (Wildman–Crippen LogP) is 2.23. The summed E-state index contributed by atoms with van der Waals surface area (Å²) in [7, 11) is 3.24. The van der Waals surface area contributed by atoms with Crippen molar-refractivity contribution in [3.05, 3.63) is 70.4 Å². The molecule has 0 bridgehead atoms. The molecule has 0 amide bonds. The molecule has 0 saturated carbocycles. The monoisotopic (exact) mass is 323 g/mol. The predicted molar refractivity (Wildman–Crippen MR) is 92.1 cm³/mol. The van der Waals surface area contributed by atoms with Crippen molar-refractivity contribution in [3.63, 3.8) is 0 Å². The van der Waals surface area contributed by atoms with Crippen LogP contribution in [0.25, 0.3) is 5.69 Å². The van der Waals surface area contributed by atoms with E-state index in [1.165, 1.54) is 19.3 Å². The maximum Gasteiger partial charge on any atom is 0.297 e. The van der Waals surface area contributed by atoms with E-state index in [2.05, 4.69) is 4.99 Å². The molecular weight excluding hydrogens is 306 g/mol. The third kappa shape index (κ3) is 2.62. The minimum atomic E-state index is -0.220. The number of para-hydroxylation sites is 1. The molecule has 1 heterocycles. The topological polar surface area (TPSA) is 65.6 Å². The van der Waals surface area contributed by atoms with Crippen molar-refractivity contribution in [2.75, 3.05) is 7.11 Å². The van der Waals surface area contributed by atoms with E-state index >= 15 is 0 Å². The number of ether oxygens (including phenoxy) is 1. The first-order chi connectivity index (χ1) is 11.5. The van der Waals surface area contributed by atoms with Crippen molar-refractivity contribution >= 4 is 17.2 Å². The maximum absolute atomic E-state index is 12.8. The van der Waals surface area contributed by atoms with Crippen LogP contribution in [0.4, 0.5) is 5.69 Å². The normalized spacial score (nSPS) is 15.7. The highest BCUT2D eigenvalue weighted by atomic mass is 16.5. The van der Waals surface area contributed by atoms with Gasteiger partial charge < -0.3 is 4.74 Å². The second-order valence-electron chi connectivity index (χ2n) is 5.36. The Morgan fingerprint density at radius 2 is 1.79 bits per heavy atom. The molecule has 1 aliphatic carbocycles. The van der Waals surface area contributed by atoms with Crippen molar-refractivity contribution in [2.45, 2.75) is 6.92 Å². The molecule has 2 aromatic rings. The third-order valence-electron chi connectivity index (χ3n) is 3.91. The average Bonchev–Trinajstić information content (AvgIpc) is 2.80. The fourth-order valence-electron chi connectivity index (χ4n) is 2.54. The molecule has 0 spiro atoms. The van der Waals surface area contributed by atoms with Crippen LogP contribution in [0.3, 0.4) is 0 Å². The number of allylic oxidation sites excluding steroid dienone is 3. The second-order valence-corrected chi connectivity index (χ2v) is 5.36. The van der Waals surface area contributed by atoms with Gasteiger partial charge in [-0.1, -0.05) is 18.2 Å². The molecule has 1 aromatic heterocycles. The van der Waals surface area contributed by atoms with Gasteiger partial charge in [0.2, 0.25) is 5.78 Å². The second kappa shape index (κ2) is 6.16. The summed E-state index contributed by atoms with van der Waals surface area (Å²) in [4.78, 5) is 28.8. The number of hydrogen-bond donors (Lipinski definition) is 0. The van der Waals surface area contributed by atoms with Crippen molar-refractivity contribution in [1.29, 1.82) is 0 Å². The van der Waals surface area contributed by atoms with E-state index in [0.717, 1.165) is 11.4 Å². The van der Waals surface area contributed by atoms with E-state index in [9.17, 15) is 9.59 Å². The summed E-state index contributed by atoms with van der Waals surface area (Å²) in [5.41, 5.74) is 2.11. The van der Waals surface area contributed by atoms with Gasteiger partial charge in [-0.3, -0.25) is 14.3 Å². The van der Waals surface area contributed by atoms with E-state index < -0.39 is 0 Å². The number of rotatable bonds is 3. The number of carbonyl (C=O) groups is 1. The fourth-order valence-corrected chi connectivity index (χ4v) is 2.54. The standard InChI is InChI=1S/C18H17N3O3/c1-12-17(19-13-9-10-15(22)16(11-13)24-3)18(23)21(20(12)2)14-7-5-4-6-8-14/h4-11H,1-3H3. The molecule has 24 heavy (non-hydrogen) atoms. The zero-order chi connectivity index (χ0) is 17.3. The Balaban J connectivity index is 2.13. The lowest BCUT2D eigenvalue weighted by molar-refractivity contribution is -0.114. The van der Waals surface area contributed by atoms with E-state index in [0.29, 0.717) is 11.4 Å². The highest BCUT2D eigenvalue weighted by Crippen LogP contribution is 2.18. The number of carbonyl (C=O) groups excluding carboxylic acids is 1. The summed E-state index contributed by atoms with van der Waals surface area (Å²) < 4.78 is 8.34. The van der Waals surface area contributed by atoms with Crippen LogP contribution in [-0.4, -0.2) is 28.0 Å². The molecule has 6 heteroatoms. The average molecular weight is 323 g/mol. The molecule has 0 saturated heterocycles. The molecule has 0 atom stereocenters. The highest BCUT2D eigenvalue weighted by Gasteiger charge is 2.17. The zero-order valence-electron chi connectivity index (χ0n) is 13.7. The van der Waals surface area contributed by atoms with E-state index in [4.69, 9.17) is 4.74 Å². The summed E-state index contributed by atoms with van der Waals surface area (Å²) >= 11 is 0. The van der Waals surface area contributed by atoms with Crippen molar-refractivity contribution < 1.29 is 9.53 Å². The van der Waals surface area contributed by atoms with Crippen molar-refractivity contribution in [3.8, 4) is 5.69 Å². The fraction of sp³-hybridized carbons (Fsp3) is 0.167. The van der Waals surface area contributed by atoms with Gasteiger partial charge in [-0.2, -0.15) is 0 Å². The minimum Gasteiger partial charge on any atom is -0.493 e. The van der Waals surface area contributed by atoms with Crippen LogP contribution < -0.4 is 5.56 Å². The Morgan fingerprint density at radius 3 is 2.46 bits per heavy atom.